The first-order valence-electron chi connectivity index (χ1n) is 11.1. The van der Waals surface area contributed by atoms with Crippen LogP contribution in [0.2, 0.25) is 0 Å². The normalized spacial score (nSPS) is 20.3. The van der Waals surface area contributed by atoms with Crippen LogP contribution < -0.4 is 4.90 Å². The number of para-hydroxylation sites is 1. The van der Waals surface area contributed by atoms with Gasteiger partial charge in [-0.1, -0.05) is 30.3 Å². The van der Waals surface area contributed by atoms with Crippen LogP contribution in [0.3, 0.4) is 0 Å². The molecule has 0 aliphatic carbocycles. The number of benzene rings is 2. The average molecular weight is 475 g/mol. The topological polar surface area (TPSA) is 84.0 Å². The maximum Gasteiger partial charge on any atom is 0.309 e. The summed E-state index contributed by atoms with van der Waals surface area (Å²) < 4.78 is 46.2. The zero-order valence-electron chi connectivity index (χ0n) is 18.6. The van der Waals surface area contributed by atoms with E-state index in [-0.39, 0.29) is 42.8 Å². The predicted molar refractivity (Wildman–Crippen MR) is 121 cm³/mol. The monoisotopic (exact) mass is 474 g/mol. The Balaban J connectivity index is 1.36. The molecule has 0 radical (unpaired) electrons. The van der Waals surface area contributed by atoms with Gasteiger partial charge in [-0.2, -0.15) is 4.31 Å². The van der Waals surface area contributed by atoms with Gasteiger partial charge in [0, 0.05) is 24.8 Å². The highest BCUT2D eigenvalue weighted by atomic mass is 32.2. The second kappa shape index (κ2) is 9.23. The Labute approximate surface area is 193 Å². The van der Waals surface area contributed by atoms with Gasteiger partial charge in [0.05, 0.1) is 5.92 Å². The lowest BCUT2D eigenvalue weighted by Crippen LogP contribution is -2.45. The molecule has 0 unspecified atom stereocenters. The van der Waals surface area contributed by atoms with Gasteiger partial charge < -0.3 is 9.64 Å². The van der Waals surface area contributed by atoms with E-state index in [1.165, 1.54) is 22.5 Å². The Hall–Kier alpha value is -2.78. The second-order valence-electron chi connectivity index (χ2n) is 8.58. The van der Waals surface area contributed by atoms with Crippen molar-refractivity contribution in [3.8, 4) is 0 Å². The van der Waals surface area contributed by atoms with E-state index in [0.717, 1.165) is 23.7 Å². The molecule has 1 fully saturated rings. The van der Waals surface area contributed by atoms with Crippen molar-refractivity contribution in [1.29, 1.82) is 0 Å². The summed E-state index contributed by atoms with van der Waals surface area (Å²) in [5.41, 5.74) is 1.92. The Morgan fingerprint density at radius 3 is 2.39 bits per heavy atom. The molecule has 0 saturated carbocycles. The first-order valence-corrected chi connectivity index (χ1v) is 12.5. The van der Waals surface area contributed by atoms with E-state index >= 15 is 0 Å². The third-order valence-electron chi connectivity index (χ3n) is 6.33. The van der Waals surface area contributed by atoms with Crippen LogP contribution in [-0.4, -0.2) is 49.8 Å². The molecule has 4 rings (SSSR count). The van der Waals surface area contributed by atoms with E-state index in [9.17, 15) is 22.4 Å². The zero-order chi connectivity index (χ0) is 23.8. The van der Waals surface area contributed by atoms with Gasteiger partial charge >= 0.3 is 5.97 Å². The standard InChI is InChI=1S/C24H27FN2O5S/c1-16-15-19-7-3-5-9-21(19)27(16)23(28)17(2)32-24(29)18-11-13-26(14-12-18)33(30,31)22-10-6-4-8-20(22)25/h3-10,16-18H,11-15H2,1-2H3/t16-,17-/m0/s1. The molecule has 2 atom stereocenters. The molecule has 7 nitrogen and oxygen atoms in total. The number of halogens is 1. The van der Waals surface area contributed by atoms with Crippen molar-refractivity contribution in [3.05, 3.63) is 59.9 Å². The summed E-state index contributed by atoms with van der Waals surface area (Å²) in [6, 6.07) is 12.9. The number of carbonyl (C=O) groups excluding carboxylic acids is 2. The van der Waals surface area contributed by atoms with E-state index in [4.69, 9.17) is 4.74 Å². The lowest BCUT2D eigenvalue weighted by atomic mass is 9.98. The minimum absolute atomic E-state index is 0.0251. The van der Waals surface area contributed by atoms with Crippen molar-refractivity contribution in [2.24, 2.45) is 5.92 Å². The lowest BCUT2D eigenvalue weighted by molar-refractivity contribution is -0.159. The summed E-state index contributed by atoms with van der Waals surface area (Å²) in [4.78, 5) is 27.1. The van der Waals surface area contributed by atoms with Gasteiger partial charge in [0.1, 0.15) is 10.7 Å². The molecule has 1 saturated heterocycles. The molecule has 1 amide bonds. The molecule has 0 aromatic heterocycles. The number of hydrogen-bond donors (Lipinski definition) is 0. The fraction of sp³-hybridized carbons (Fsp3) is 0.417. The van der Waals surface area contributed by atoms with E-state index < -0.39 is 33.8 Å². The van der Waals surface area contributed by atoms with Gasteiger partial charge in [-0.05, 0) is 56.9 Å². The molecule has 0 N–H and O–H groups in total. The van der Waals surface area contributed by atoms with Gasteiger partial charge in [-0.25, -0.2) is 12.8 Å². The average Bonchev–Trinajstić information content (AvgIpc) is 3.14. The Morgan fingerprint density at radius 2 is 1.70 bits per heavy atom. The highest BCUT2D eigenvalue weighted by molar-refractivity contribution is 7.89. The summed E-state index contributed by atoms with van der Waals surface area (Å²) >= 11 is 0. The Morgan fingerprint density at radius 1 is 1.06 bits per heavy atom. The molecule has 2 aromatic carbocycles. The third-order valence-corrected chi connectivity index (χ3v) is 8.26. The van der Waals surface area contributed by atoms with Crippen LogP contribution in [0.15, 0.2) is 53.4 Å². The first kappa shape index (κ1) is 23.4. The molecular formula is C24H27FN2O5S. The van der Waals surface area contributed by atoms with Gasteiger partial charge in [0.25, 0.3) is 5.91 Å². The number of rotatable bonds is 5. The number of nitrogens with zero attached hydrogens (tertiary/aromatic N) is 2. The number of amides is 1. The summed E-state index contributed by atoms with van der Waals surface area (Å²) in [6.45, 7) is 3.68. The Kier molecular flexibility index (Phi) is 6.54. The maximum atomic E-state index is 14.0. The van der Waals surface area contributed by atoms with Crippen molar-refractivity contribution in [3.63, 3.8) is 0 Å². The van der Waals surface area contributed by atoms with Crippen LogP contribution in [-0.2, 0) is 30.8 Å². The van der Waals surface area contributed by atoms with Gasteiger partial charge in [-0.15, -0.1) is 0 Å². The summed E-state index contributed by atoms with van der Waals surface area (Å²) in [5, 5.41) is 0. The molecule has 33 heavy (non-hydrogen) atoms. The van der Waals surface area contributed by atoms with Crippen molar-refractivity contribution in [2.75, 3.05) is 18.0 Å². The lowest BCUT2D eigenvalue weighted by Gasteiger charge is -2.31. The van der Waals surface area contributed by atoms with Crippen LogP contribution in [0.5, 0.6) is 0 Å². The van der Waals surface area contributed by atoms with Gasteiger partial charge in [-0.3, -0.25) is 9.59 Å². The highest BCUT2D eigenvalue weighted by Gasteiger charge is 2.37. The van der Waals surface area contributed by atoms with Gasteiger partial charge in [0.15, 0.2) is 6.10 Å². The second-order valence-corrected chi connectivity index (χ2v) is 10.5. The van der Waals surface area contributed by atoms with Crippen LogP contribution in [0.1, 0.15) is 32.3 Å². The summed E-state index contributed by atoms with van der Waals surface area (Å²) in [5.74, 6) is -2.11. The fourth-order valence-electron chi connectivity index (χ4n) is 4.54. The van der Waals surface area contributed by atoms with Crippen LogP contribution >= 0.6 is 0 Å². The molecule has 2 aromatic rings. The van der Waals surface area contributed by atoms with E-state index in [2.05, 4.69) is 0 Å². The molecule has 2 heterocycles. The van der Waals surface area contributed by atoms with Crippen molar-refractivity contribution >= 4 is 27.6 Å². The smallest absolute Gasteiger partial charge is 0.309 e. The molecule has 9 heteroatoms. The molecule has 2 aliphatic rings. The van der Waals surface area contributed by atoms with Crippen LogP contribution in [0.25, 0.3) is 0 Å². The van der Waals surface area contributed by atoms with Crippen LogP contribution in [0.4, 0.5) is 10.1 Å². The largest absolute Gasteiger partial charge is 0.452 e. The number of carbonyl (C=O) groups is 2. The number of esters is 1. The predicted octanol–water partition coefficient (Wildman–Crippen LogP) is 3.14. The fourth-order valence-corrected chi connectivity index (χ4v) is 6.08. The summed E-state index contributed by atoms with van der Waals surface area (Å²) in [7, 11) is -3.98. The molecule has 0 bridgehead atoms. The maximum absolute atomic E-state index is 14.0. The van der Waals surface area contributed by atoms with E-state index in [0.29, 0.717) is 0 Å². The first-order chi connectivity index (χ1) is 15.7. The Bertz CT molecular complexity index is 1160. The van der Waals surface area contributed by atoms with Crippen LogP contribution in [0, 0.1) is 11.7 Å². The number of sulfonamides is 1. The third kappa shape index (κ3) is 4.52. The van der Waals surface area contributed by atoms with Crippen molar-refractivity contribution in [1.82, 2.24) is 4.31 Å². The van der Waals surface area contributed by atoms with E-state index in [1.54, 1.807) is 11.8 Å². The zero-order valence-corrected chi connectivity index (χ0v) is 19.4. The molecule has 176 valence electrons. The van der Waals surface area contributed by atoms with Gasteiger partial charge in [0.2, 0.25) is 10.0 Å². The number of piperidine rings is 1. The van der Waals surface area contributed by atoms with Crippen molar-refractivity contribution in [2.45, 2.75) is 50.2 Å². The number of anilines is 1. The number of hydrogen-bond acceptors (Lipinski definition) is 5. The number of ether oxygens (including phenoxy) is 1. The minimum atomic E-state index is -3.98. The highest BCUT2D eigenvalue weighted by Crippen LogP contribution is 2.33. The van der Waals surface area contributed by atoms with E-state index in [1.807, 2.05) is 31.2 Å². The minimum Gasteiger partial charge on any atom is -0.452 e. The quantitative estimate of drug-likeness (QED) is 0.622. The van der Waals surface area contributed by atoms with Crippen molar-refractivity contribution < 1.29 is 27.1 Å². The summed E-state index contributed by atoms with van der Waals surface area (Å²) in [6.07, 6.45) is 0.288. The SMILES string of the molecule is C[C@H](OC(=O)C1CCN(S(=O)(=O)c2ccccc2F)CC1)C(=O)N1c2ccccc2C[C@@H]1C. The number of fused-ring (bicyclic) bond motifs is 1. The molecule has 0 spiro atoms. The molecular weight excluding hydrogens is 447 g/mol. The molecule has 2 aliphatic heterocycles.